The summed E-state index contributed by atoms with van der Waals surface area (Å²) in [5.74, 6) is 0. The molecule has 2 heterocycles. The van der Waals surface area contributed by atoms with Crippen LogP contribution >= 0.6 is 0 Å². The van der Waals surface area contributed by atoms with Crippen LogP contribution in [0.25, 0.3) is 0 Å². The van der Waals surface area contributed by atoms with E-state index in [0.29, 0.717) is 6.04 Å². The molecule has 6 heteroatoms. The Morgan fingerprint density at radius 1 is 1.41 bits per heavy atom. The molecule has 0 saturated carbocycles. The minimum absolute atomic E-state index is 0.156. The number of aryl methyl sites for hydroxylation is 2. The minimum atomic E-state index is -0.441. The van der Waals surface area contributed by atoms with Crippen LogP contribution in [0.5, 0.6) is 0 Å². The molecule has 2 unspecified atom stereocenters. The Kier molecular flexibility index (Phi) is 8.14. The van der Waals surface area contributed by atoms with Crippen LogP contribution in [0, 0.1) is 6.92 Å². The van der Waals surface area contributed by atoms with Crippen molar-refractivity contribution in [2.45, 2.75) is 97.2 Å². The SMILES string of the molecule is Cc1[nH]ncc1CCCNC(C)CC1CCCCCN1C(=O)OC(C)(C)C. The summed E-state index contributed by atoms with van der Waals surface area (Å²) in [7, 11) is 0. The van der Waals surface area contributed by atoms with Gasteiger partial charge in [0.15, 0.2) is 0 Å². The van der Waals surface area contributed by atoms with Crippen LogP contribution in [0.3, 0.4) is 0 Å². The van der Waals surface area contributed by atoms with Gasteiger partial charge in [-0.25, -0.2) is 4.79 Å². The van der Waals surface area contributed by atoms with Crippen LogP contribution in [0.15, 0.2) is 6.20 Å². The standard InChI is InChI=1S/C21H38N4O2/c1-16(22-12-9-10-18-15-23-24-17(18)2)14-19-11-7-6-8-13-25(19)20(26)27-21(3,4)5/h15-16,19,22H,6-14H2,1-5H3,(H,23,24). The summed E-state index contributed by atoms with van der Waals surface area (Å²) < 4.78 is 5.65. The van der Waals surface area contributed by atoms with Gasteiger partial charge in [0.25, 0.3) is 0 Å². The molecule has 1 aliphatic rings. The third-order valence-electron chi connectivity index (χ3n) is 5.18. The molecule has 0 aliphatic carbocycles. The summed E-state index contributed by atoms with van der Waals surface area (Å²) >= 11 is 0. The van der Waals surface area contributed by atoms with Gasteiger partial charge in [-0.1, -0.05) is 12.8 Å². The van der Waals surface area contributed by atoms with Crippen LogP contribution in [-0.2, 0) is 11.2 Å². The lowest BCUT2D eigenvalue weighted by Gasteiger charge is -2.33. The second-order valence-electron chi connectivity index (χ2n) is 8.89. The fourth-order valence-corrected chi connectivity index (χ4v) is 3.73. The number of carbonyl (C=O) groups is 1. The van der Waals surface area contributed by atoms with E-state index in [1.807, 2.05) is 31.9 Å². The summed E-state index contributed by atoms with van der Waals surface area (Å²) in [6.07, 6.45) is 9.39. The summed E-state index contributed by atoms with van der Waals surface area (Å²) in [6, 6.07) is 0.643. The lowest BCUT2D eigenvalue weighted by atomic mass is 10.0. The van der Waals surface area contributed by atoms with Gasteiger partial charge in [-0.05, 0) is 78.8 Å². The molecule has 1 aliphatic heterocycles. The number of rotatable bonds is 7. The summed E-state index contributed by atoms with van der Waals surface area (Å²) in [5.41, 5.74) is 2.02. The highest BCUT2D eigenvalue weighted by molar-refractivity contribution is 5.68. The number of nitrogens with one attached hydrogen (secondary N) is 2. The molecule has 1 saturated heterocycles. The van der Waals surface area contributed by atoms with Crippen molar-refractivity contribution in [3.05, 3.63) is 17.5 Å². The Bertz CT molecular complexity index is 579. The third kappa shape index (κ3) is 7.53. The highest BCUT2D eigenvalue weighted by Crippen LogP contribution is 2.23. The number of amides is 1. The lowest BCUT2D eigenvalue weighted by Crippen LogP contribution is -2.45. The predicted octanol–water partition coefficient (Wildman–Crippen LogP) is 4.20. The Morgan fingerprint density at radius 3 is 2.85 bits per heavy atom. The van der Waals surface area contributed by atoms with Gasteiger partial charge in [0.05, 0.1) is 6.20 Å². The van der Waals surface area contributed by atoms with E-state index in [-0.39, 0.29) is 12.1 Å². The molecule has 1 amide bonds. The van der Waals surface area contributed by atoms with Gasteiger partial charge >= 0.3 is 6.09 Å². The first-order valence-electron chi connectivity index (χ1n) is 10.5. The molecule has 0 spiro atoms. The van der Waals surface area contributed by atoms with Gasteiger partial charge in [-0.15, -0.1) is 0 Å². The number of likely N-dealkylation sites (tertiary alicyclic amines) is 1. The van der Waals surface area contributed by atoms with Crippen molar-refractivity contribution in [2.24, 2.45) is 0 Å². The summed E-state index contributed by atoms with van der Waals surface area (Å²) in [6.45, 7) is 11.9. The molecule has 0 bridgehead atoms. The van der Waals surface area contributed by atoms with Crippen LogP contribution in [0.4, 0.5) is 4.79 Å². The normalized spacial score (nSPS) is 19.6. The second-order valence-corrected chi connectivity index (χ2v) is 8.89. The van der Waals surface area contributed by atoms with Crippen LogP contribution in [0.2, 0.25) is 0 Å². The number of aromatic amines is 1. The first-order valence-corrected chi connectivity index (χ1v) is 10.5. The van der Waals surface area contributed by atoms with Crippen molar-refractivity contribution in [2.75, 3.05) is 13.1 Å². The van der Waals surface area contributed by atoms with Gasteiger partial charge in [0, 0.05) is 24.3 Å². The second kappa shape index (κ2) is 10.1. The molecular weight excluding hydrogens is 340 g/mol. The Morgan fingerprint density at radius 2 is 2.19 bits per heavy atom. The van der Waals surface area contributed by atoms with Gasteiger partial charge in [-0.3, -0.25) is 5.10 Å². The van der Waals surface area contributed by atoms with Crippen molar-refractivity contribution in [1.29, 1.82) is 0 Å². The topological polar surface area (TPSA) is 70.2 Å². The van der Waals surface area contributed by atoms with Gasteiger partial charge < -0.3 is 15.0 Å². The molecule has 1 aromatic heterocycles. The Balaban J connectivity index is 1.80. The number of carbonyl (C=O) groups excluding carboxylic acids is 1. The van der Waals surface area contributed by atoms with E-state index in [1.165, 1.54) is 18.4 Å². The van der Waals surface area contributed by atoms with E-state index in [9.17, 15) is 4.79 Å². The fraction of sp³-hybridized carbons (Fsp3) is 0.810. The number of ether oxygens (including phenoxy) is 1. The minimum Gasteiger partial charge on any atom is -0.444 e. The molecule has 0 aromatic carbocycles. The fourth-order valence-electron chi connectivity index (χ4n) is 3.73. The molecule has 2 rings (SSSR count). The highest BCUT2D eigenvalue weighted by atomic mass is 16.6. The van der Waals surface area contributed by atoms with E-state index >= 15 is 0 Å². The Labute approximate surface area is 164 Å². The molecule has 1 aromatic rings. The zero-order valence-corrected chi connectivity index (χ0v) is 17.8. The number of nitrogens with zero attached hydrogens (tertiary/aromatic N) is 2. The van der Waals surface area contributed by atoms with Gasteiger partial charge in [-0.2, -0.15) is 5.10 Å². The summed E-state index contributed by atoms with van der Waals surface area (Å²) in [5, 5.41) is 10.7. The molecule has 0 radical (unpaired) electrons. The first-order chi connectivity index (χ1) is 12.8. The molecular formula is C21H38N4O2. The lowest BCUT2D eigenvalue weighted by molar-refractivity contribution is 0.0150. The Hall–Kier alpha value is -1.56. The number of hydrogen-bond donors (Lipinski definition) is 2. The number of H-pyrrole nitrogens is 1. The van der Waals surface area contributed by atoms with E-state index in [0.717, 1.165) is 50.9 Å². The molecule has 154 valence electrons. The van der Waals surface area contributed by atoms with Crippen LogP contribution < -0.4 is 5.32 Å². The zero-order chi connectivity index (χ0) is 19.9. The van der Waals surface area contributed by atoms with E-state index in [1.54, 1.807) is 0 Å². The van der Waals surface area contributed by atoms with Crippen molar-refractivity contribution < 1.29 is 9.53 Å². The third-order valence-corrected chi connectivity index (χ3v) is 5.18. The van der Waals surface area contributed by atoms with Crippen LogP contribution in [0.1, 0.15) is 77.5 Å². The summed E-state index contributed by atoms with van der Waals surface area (Å²) in [4.78, 5) is 14.6. The quantitative estimate of drug-likeness (QED) is 0.698. The van der Waals surface area contributed by atoms with Crippen molar-refractivity contribution in [1.82, 2.24) is 20.4 Å². The van der Waals surface area contributed by atoms with Crippen molar-refractivity contribution in [3.8, 4) is 0 Å². The van der Waals surface area contributed by atoms with Crippen molar-refractivity contribution in [3.63, 3.8) is 0 Å². The zero-order valence-electron chi connectivity index (χ0n) is 17.8. The molecule has 2 atom stereocenters. The maximum absolute atomic E-state index is 12.7. The largest absolute Gasteiger partial charge is 0.444 e. The maximum atomic E-state index is 12.7. The first kappa shape index (κ1) is 21.7. The smallest absolute Gasteiger partial charge is 0.410 e. The molecule has 1 fully saturated rings. The molecule has 27 heavy (non-hydrogen) atoms. The number of aromatic nitrogens is 2. The highest BCUT2D eigenvalue weighted by Gasteiger charge is 2.30. The monoisotopic (exact) mass is 378 g/mol. The van der Waals surface area contributed by atoms with E-state index in [2.05, 4.69) is 29.4 Å². The molecule has 6 nitrogen and oxygen atoms in total. The molecule has 2 N–H and O–H groups in total. The van der Waals surface area contributed by atoms with E-state index < -0.39 is 5.60 Å². The van der Waals surface area contributed by atoms with E-state index in [4.69, 9.17) is 4.74 Å². The van der Waals surface area contributed by atoms with Gasteiger partial charge in [0.1, 0.15) is 5.60 Å². The van der Waals surface area contributed by atoms with Crippen LogP contribution in [-0.4, -0.2) is 52.0 Å². The average Bonchev–Trinajstić information content (AvgIpc) is 2.83. The van der Waals surface area contributed by atoms with Gasteiger partial charge in [0.2, 0.25) is 0 Å². The number of hydrogen-bond acceptors (Lipinski definition) is 4. The maximum Gasteiger partial charge on any atom is 0.410 e. The predicted molar refractivity (Wildman–Crippen MR) is 109 cm³/mol. The average molecular weight is 379 g/mol. The van der Waals surface area contributed by atoms with Crippen molar-refractivity contribution >= 4 is 6.09 Å².